The smallest absolute Gasteiger partial charge is 0.274 e. The van der Waals surface area contributed by atoms with Crippen LogP contribution in [0.3, 0.4) is 0 Å². The van der Waals surface area contributed by atoms with E-state index in [0.29, 0.717) is 17.0 Å². The van der Waals surface area contributed by atoms with Gasteiger partial charge in [-0.25, -0.2) is 0 Å². The third-order valence-corrected chi connectivity index (χ3v) is 3.80. The molecule has 0 unspecified atom stereocenters. The van der Waals surface area contributed by atoms with E-state index in [1.165, 1.54) is 6.07 Å². The molecule has 0 saturated heterocycles. The molecule has 0 spiro atoms. The molecule has 1 amide bonds. The van der Waals surface area contributed by atoms with Crippen molar-refractivity contribution in [2.24, 2.45) is 0 Å². The van der Waals surface area contributed by atoms with Crippen molar-refractivity contribution >= 4 is 28.1 Å². The van der Waals surface area contributed by atoms with E-state index in [2.05, 4.69) is 5.32 Å². The van der Waals surface area contributed by atoms with Crippen LogP contribution in [-0.4, -0.2) is 17.4 Å². The van der Waals surface area contributed by atoms with Crippen LogP contribution in [0.2, 0.25) is 0 Å². The molecule has 0 aromatic heterocycles. The number of hydrogen-bond donors (Lipinski definition) is 1. The minimum Gasteiger partial charge on any atom is -0.483 e. The maximum Gasteiger partial charge on any atom is 0.274 e. The highest BCUT2D eigenvalue weighted by molar-refractivity contribution is 5.93. The number of hydrogen-bond acceptors (Lipinski definition) is 4. The van der Waals surface area contributed by atoms with Crippen LogP contribution in [0.5, 0.6) is 5.75 Å². The molecule has 3 aromatic rings. The fourth-order valence-electron chi connectivity index (χ4n) is 2.55. The first-order valence-corrected chi connectivity index (χ1v) is 7.70. The Morgan fingerprint density at radius 3 is 2.68 bits per heavy atom. The summed E-state index contributed by atoms with van der Waals surface area (Å²) in [6.45, 7) is 1.46. The van der Waals surface area contributed by atoms with E-state index >= 15 is 0 Å². The van der Waals surface area contributed by atoms with E-state index in [1.807, 2.05) is 36.4 Å². The van der Waals surface area contributed by atoms with Gasteiger partial charge in [0.05, 0.1) is 4.92 Å². The van der Waals surface area contributed by atoms with Gasteiger partial charge in [0, 0.05) is 22.7 Å². The van der Waals surface area contributed by atoms with Crippen LogP contribution in [0.1, 0.15) is 5.56 Å². The lowest BCUT2D eigenvalue weighted by Crippen LogP contribution is -2.20. The van der Waals surface area contributed by atoms with Gasteiger partial charge in [-0.2, -0.15) is 0 Å². The van der Waals surface area contributed by atoms with Crippen LogP contribution < -0.4 is 10.1 Å². The Bertz CT molecular complexity index is 948. The van der Waals surface area contributed by atoms with Crippen molar-refractivity contribution in [3.05, 3.63) is 76.3 Å². The summed E-state index contributed by atoms with van der Waals surface area (Å²) in [5, 5.41) is 15.5. The zero-order valence-corrected chi connectivity index (χ0v) is 13.6. The SMILES string of the molecule is Cc1ccc(NC(=O)COc2cccc3ccccc23)cc1[N+](=O)[O-]. The van der Waals surface area contributed by atoms with Crippen molar-refractivity contribution in [1.29, 1.82) is 0 Å². The highest BCUT2D eigenvalue weighted by Gasteiger charge is 2.13. The Hall–Kier alpha value is -3.41. The molecule has 0 aliphatic rings. The number of rotatable bonds is 5. The standard InChI is InChI=1S/C19H16N2O4/c1-13-9-10-15(11-17(13)21(23)24)20-19(22)12-25-18-8-4-6-14-5-2-3-7-16(14)18/h2-11H,12H2,1H3,(H,20,22). The maximum absolute atomic E-state index is 12.1. The zero-order chi connectivity index (χ0) is 17.8. The lowest BCUT2D eigenvalue weighted by Gasteiger charge is -2.10. The third-order valence-electron chi connectivity index (χ3n) is 3.80. The normalized spacial score (nSPS) is 10.4. The van der Waals surface area contributed by atoms with Crippen molar-refractivity contribution in [1.82, 2.24) is 0 Å². The molecular formula is C19H16N2O4. The van der Waals surface area contributed by atoms with Gasteiger partial charge >= 0.3 is 0 Å². The van der Waals surface area contributed by atoms with Gasteiger partial charge in [-0.1, -0.05) is 42.5 Å². The molecule has 6 nitrogen and oxygen atoms in total. The molecule has 3 aromatic carbocycles. The molecule has 6 heteroatoms. The highest BCUT2D eigenvalue weighted by Crippen LogP contribution is 2.25. The second-order valence-corrected chi connectivity index (χ2v) is 5.57. The Morgan fingerprint density at radius 1 is 1.12 bits per heavy atom. The molecule has 0 bridgehead atoms. The monoisotopic (exact) mass is 336 g/mol. The maximum atomic E-state index is 12.1. The molecule has 0 aliphatic heterocycles. The summed E-state index contributed by atoms with van der Waals surface area (Å²) in [6.07, 6.45) is 0. The zero-order valence-electron chi connectivity index (χ0n) is 13.6. The van der Waals surface area contributed by atoms with Crippen LogP contribution in [0.4, 0.5) is 11.4 Å². The van der Waals surface area contributed by atoms with Crippen molar-refractivity contribution in [2.45, 2.75) is 6.92 Å². The molecule has 0 heterocycles. The number of ether oxygens (including phenoxy) is 1. The average Bonchev–Trinajstić information content (AvgIpc) is 2.61. The van der Waals surface area contributed by atoms with E-state index in [4.69, 9.17) is 4.74 Å². The molecule has 0 radical (unpaired) electrons. The van der Waals surface area contributed by atoms with Gasteiger partial charge in [0.25, 0.3) is 11.6 Å². The fourth-order valence-corrected chi connectivity index (χ4v) is 2.55. The van der Waals surface area contributed by atoms with Gasteiger partial charge in [0.15, 0.2) is 6.61 Å². The van der Waals surface area contributed by atoms with E-state index in [-0.39, 0.29) is 18.2 Å². The second kappa shape index (κ2) is 7.00. The van der Waals surface area contributed by atoms with Gasteiger partial charge in [0.1, 0.15) is 5.75 Å². The predicted molar refractivity (Wildman–Crippen MR) is 95.9 cm³/mol. The quantitative estimate of drug-likeness (QED) is 0.562. The topological polar surface area (TPSA) is 81.5 Å². The lowest BCUT2D eigenvalue weighted by atomic mass is 10.1. The van der Waals surface area contributed by atoms with Crippen LogP contribution >= 0.6 is 0 Å². The summed E-state index contributed by atoms with van der Waals surface area (Å²) >= 11 is 0. The number of nitrogens with one attached hydrogen (secondary N) is 1. The number of anilines is 1. The fraction of sp³-hybridized carbons (Fsp3) is 0.105. The van der Waals surface area contributed by atoms with Gasteiger partial charge in [-0.3, -0.25) is 14.9 Å². The van der Waals surface area contributed by atoms with Crippen LogP contribution in [0.15, 0.2) is 60.7 Å². The lowest BCUT2D eigenvalue weighted by molar-refractivity contribution is -0.385. The van der Waals surface area contributed by atoms with Gasteiger partial charge in [-0.15, -0.1) is 0 Å². The molecule has 3 rings (SSSR count). The molecule has 25 heavy (non-hydrogen) atoms. The number of nitro groups is 1. The van der Waals surface area contributed by atoms with Gasteiger partial charge in [-0.05, 0) is 24.4 Å². The highest BCUT2D eigenvalue weighted by atomic mass is 16.6. The Balaban J connectivity index is 1.69. The predicted octanol–water partition coefficient (Wildman–Crippen LogP) is 4.07. The molecule has 1 N–H and O–H groups in total. The Morgan fingerprint density at radius 2 is 1.88 bits per heavy atom. The van der Waals surface area contributed by atoms with Crippen LogP contribution in [0.25, 0.3) is 10.8 Å². The summed E-state index contributed by atoms with van der Waals surface area (Å²) in [6, 6.07) is 17.9. The Kier molecular flexibility index (Phi) is 4.61. The molecule has 126 valence electrons. The van der Waals surface area contributed by atoms with E-state index in [1.54, 1.807) is 25.1 Å². The number of carbonyl (C=O) groups excluding carboxylic acids is 1. The van der Waals surface area contributed by atoms with Gasteiger partial charge < -0.3 is 10.1 Å². The van der Waals surface area contributed by atoms with E-state index < -0.39 is 4.92 Å². The second-order valence-electron chi connectivity index (χ2n) is 5.57. The summed E-state index contributed by atoms with van der Waals surface area (Å²) in [4.78, 5) is 22.6. The number of nitrogens with zero attached hydrogens (tertiary/aromatic N) is 1. The summed E-state index contributed by atoms with van der Waals surface area (Å²) in [5.74, 6) is 0.231. The van der Waals surface area contributed by atoms with Crippen LogP contribution in [-0.2, 0) is 4.79 Å². The minimum atomic E-state index is -0.475. The molecular weight excluding hydrogens is 320 g/mol. The van der Waals surface area contributed by atoms with Crippen molar-refractivity contribution in [2.75, 3.05) is 11.9 Å². The number of nitro benzene ring substituents is 1. The summed E-state index contributed by atoms with van der Waals surface area (Å²) < 4.78 is 5.61. The summed E-state index contributed by atoms with van der Waals surface area (Å²) in [7, 11) is 0. The number of amides is 1. The Labute approximate surface area is 144 Å². The van der Waals surface area contributed by atoms with E-state index in [9.17, 15) is 14.9 Å². The van der Waals surface area contributed by atoms with Crippen LogP contribution in [0, 0.1) is 17.0 Å². The molecule has 0 aliphatic carbocycles. The van der Waals surface area contributed by atoms with Gasteiger partial charge in [0.2, 0.25) is 0 Å². The first-order valence-electron chi connectivity index (χ1n) is 7.70. The number of carbonyl (C=O) groups is 1. The molecule has 0 saturated carbocycles. The third kappa shape index (κ3) is 3.74. The average molecular weight is 336 g/mol. The van der Waals surface area contributed by atoms with E-state index in [0.717, 1.165) is 10.8 Å². The minimum absolute atomic E-state index is 0.0345. The first kappa shape index (κ1) is 16.4. The largest absolute Gasteiger partial charge is 0.483 e. The van der Waals surface area contributed by atoms with Crippen molar-refractivity contribution < 1.29 is 14.5 Å². The molecule has 0 fully saturated rings. The number of benzene rings is 3. The number of fused-ring (bicyclic) bond motifs is 1. The molecule has 0 atom stereocenters. The van der Waals surface area contributed by atoms with Crippen molar-refractivity contribution in [3.63, 3.8) is 0 Å². The summed E-state index contributed by atoms with van der Waals surface area (Å²) in [5.41, 5.74) is 0.867. The number of aryl methyl sites for hydroxylation is 1. The van der Waals surface area contributed by atoms with Crippen molar-refractivity contribution in [3.8, 4) is 5.75 Å². The first-order chi connectivity index (χ1) is 12.0.